The Morgan fingerprint density at radius 3 is 2.31 bits per heavy atom. The maximum atomic E-state index is 3.55. The van der Waals surface area contributed by atoms with Gasteiger partial charge in [0.15, 0.2) is 0 Å². The SMILES string of the molecule is CCNCC(C)NCC(C)(C)CC. The van der Waals surface area contributed by atoms with Gasteiger partial charge in [0, 0.05) is 19.1 Å². The highest BCUT2D eigenvalue weighted by atomic mass is 15.0. The van der Waals surface area contributed by atoms with Crippen LogP contribution in [0.2, 0.25) is 0 Å². The van der Waals surface area contributed by atoms with E-state index < -0.39 is 0 Å². The Hall–Kier alpha value is -0.0800. The average Bonchev–Trinajstić information content (AvgIpc) is 2.11. The zero-order chi connectivity index (χ0) is 10.3. The van der Waals surface area contributed by atoms with Crippen molar-refractivity contribution in [3.63, 3.8) is 0 Å². The molecule has 0 aliphatic rings. The van der Waals surface area contributed by atoms with E-state index in [1.54, 1.807) is 0 Å². The predicted octanol–water partition coefficient (Wildman–Crippen LogP) is 2.01. The van der Waals surface area contributed by atoms with Crippen molar-refractivity contribution in [1.82, 2.24) is 10.6 Å². The summed E-state index contributed by atoms with van der Waals surface area (Å²) in [6.07, 6.45) is 1.23. The summed E-state index contributed by atoms with van der Waals surface area (Å²) in [6, 6.07) is 0.575. The van der Waals surface area contributed by atoms with E-state index in [1.165, 1.54) is 6.42 Å². The van der Waals surface area contributed by atoms with Gasteiger partial charge < -0.3 is 10.6 Å². The van der Waals surface area contributed by atoms with E-state index in [-0.39, 0.29) is 0 Å². The minimum Gasteiger partial charge on any atom is -0.315 e. The Morgan fingerprint density at radius 1 is 1.23 bits per heavy atom. The van der Waals surface area contributed by atoms with E-state index >= 15 is 0 Å². The van der Waals surface area contributed by atoms with Crippen molar-refractivity contribution in [2.24, 2.45) is 5.41 Å². The maximum absolute atomic E-state index is 3.55. The maximum Gasteiger partial charge on any atom is 0.0164 e. The van der Waals surface area contributed by atoms with Gasteiger partial charge in [0.1, 0.15) is 0 Å². The van der Waals surface area contributed by atoms with Gasteiger partial charge in [-0.25, -0.2) is 0 Å². The summed E-state index contributed by atoms with van der Waals surface area (Å²) in [5.41, 5.74) is 0.431. The van der Waals surface area contributed by atoms with Crippen molar-refractivity contribution in [2.45, 2.75) is 47.1 Å². The third-order valence-electron chi connectivity index (χ3n) is 2.59. The fraction of sp³-hybridized carbons (Fsp3) is 1.00. The van der Waals surface area contributed by atoms with Crippen molar-refractivity contribution in [1.29, 1.82) is 0 Å². The van der Waals surface area contributed by atoms with Gasteiger partial charge in [0.05, 0.1) is 0 Å². The van der Waals surface area contributed by atoms with Crippen LogP contribution >= 0.6 is 0 Å². The molecule has 0 spiro atoms. The monoisotopic (exact) mass is 186 g/mol. The first-order chi connectivity index (χ1) is 6.02. The fourth-order valence-electron chi connectivity index (χ4n) is 1.01. The van der Waals surface area contributed by atoms with Crippen molar-refractivity contribution in [3.05, 3.63) is 0 Å². The Morgan fingerprint density at radius 2 is 1.85 bits per heavy atom. The van der Waals surface area contributed by atoms with Gasteiger partial charge >= 0.3 is 0 Å². The summed E-state index contributed by atoms with van der Waals surface area (Å²) in [6.45, 7) is 14.5. The quantitative estimate of drug-likeness (QED) is 0.635. The van der Waals surface area contributed by atoms with Gasteiger partial charge in [-0.3, -0.25) is 0 Å². The van der Waals surface area contributed by atoms with Gasteiger partial charge in [-0.15, -0.1) is 0 Å². The van der Waals surface area contributed by atoms with Crippen molar-refractivity contribution in [3.8, 4) is 0 Å². The minimum atomic E-state index is 0.431. The van der Waals surface area contributed by atoms with Crippen LogP contribution in [-0.2, 0) is 0 Å². The second kappa shape index (κ2) is 6.39. The van der Waals surface area contributed by atoms with Crippen LogP contribution in [0.15, 0.2) is 0 Å². The Labute approximate surface area is 83.5 Å². The van der Waals surface area contributed by atoms with Crippen LogP contribution in [0.1, 0.15) is 41.0 Å². The molecule has 2 N–H and O–H groups in total. The average molecular weight is 186 g/mol. The van der Waals surface area contributed by atoms with Crippen molar-refractivity contribution in [2.75, 3.05) is 19.6 Å². The molecular weight excluding hydrogens is 160 g/mol. The summed E-state index contributed by atoms with van der Waals surface area (Å²) in [4.78, 5) is 0. The molecule has 13 heavy (non-hydrogen) atoms. The number of likely N-dealkylation sites (N-methyl/N-ethyl adjacent to an activating group) is 1. The van der Waals surface area contributed by atoms with Crippen LogP contribution in [0.4, 0.5) is 0 Å². The van der Waals surface area contributed by atoms with Crippen LogP contribution in [0, 0.1) is 5.41 Å². The van der Waals surface area contributed by atoms with E-state index in [1.807, 2.05) is 0 Å². The molecule has 0 aliphatic carbocycles. The number of rotatable bonds is 7. The lowest BCUT2D eigenvalue weighted by molar-refractivity contribution is 0.310. The molecular formula is C11H26N2. The molecule has 0 rings (SSSR count). The van der Waals surface area contributed by atoms with Gasteiger partial charge in [-0.05, 0) is 25.3 Å². The number of hydrogen-bond acceptors (Lipinski definition) is 2. The second-order valence-electron chi connectivity index (χ2n) is 4.61. The van der Waals surface area contributed by atoms with E-state index in [0.717, 1.165) is 19.6 Å². The van der Waals surface area contributed by atoms with E-state index in [4.69, 9.17) is 0 Å². The highest BCUT2D eigenvalue weighted by Gasteiger charge is 2.15. The Bertz CT molecular complexity index is 121. The summed E-state index contributed by atoms with van der Waals surface area (Å²) in [5, 5.41) is 6.89. The molecule has 0 aromatic heterocycles. The van der Waals surface area contributed by atoms with Gasteiger partial charge in [-0.2, -0.15) is 0 Å². The lowest BCUT2D eigenvalue weighted by atomic mass is 9.90. The molecule has 0 aliphatic heterocycles. The Kier molecular flexibility index (Phi) is 6.35. The smallest absolute Gasteiger partial charge is 0.0164 e. The van der Waals surface area contributed by atoms with Crippen LogP contribution in [0.25, 0.3) is 0 Å². The molecule has 0 amide bonds. The standard InChI is InChI=1S/C11H26N2/c1-6-11(4,5)9-13-10(3)8-12-7-2/h10,12-13H,6-9H2,1-5H3. The molecule has 2 nitrogen and oxygen atoms in total. The lowest BCUT2D eigenvalue weighted by Crippen LogP contribution is -2.40. The van der Waals surface area contributed by atoms with E-state index in [2.05, 4.69) is 45.3 Å². The lowest BCUT2D eigenvalue weighted by Gasteiger charge is -2.25. The molecule has 0 saturated carbocycles. The fourth-order valence-corrected chi connectivity index (χ4v) is 1.01. The molecule has 1 unspecified atom stereocenters. The first-order valence-corrected chi connectivity index (χ1v) is 5.46. The first-order valence-electron chi connectivity index (χ1n) is 5.46. The summed E-state index contributed by atoms with van der Waals surface area (Å²) in [5.74, 6) is 0. The van der Waals surface area contributed by atoms with Crippen molar-refractivity contribution < 1.29 is 0 Å². The van der Waals surface area contributed by atoms with E-state index in [9.17, 15) is 0 Å². The predicted molar refractivity (Wildman–Crippen MR) is 60.1 cm³/mol. The highest BCUT2D eigenvalue weighted by molar-refractivity contribution is 4.73. The molecule has 0 heterocycles. The van der Waals surface area contributed by atoms with Gasteiger partial charge in [-0.1, -0.05) is 27.7 Å². The first kappa shape index (κ1) is 12.9. The second-order valence-corrected chi connectivity index (χ2v) is 4.61. The number of nitrogens with one attached hydrogen (secondary N) is 2. The van der Waals surface area contributed by atoms with Crippen LogP contribution in [0.3, 0.4) is 0 Å². The normalized spacial score (nSPS) is 14.5. The molecule has 0 aromatic rings. The molecule has 0 saturated heterocycles. The minimum absolute atomic E-state index is 0.431. The van der Waals surface area contributed by atoms with Crippen LogP contribution in [0.5, 0.6) is 0 Å². The third-order valence-corrected chi connectivity index (χ3v) is 2.59. The largest absolute Gasteiger partial charge is 0.315 e. The van der Waals surface area contributed by atoms with Gasteiger partial charge in [0.25, 0.3) is 0 Å². The summed E-state index contributed by atoms with van der Waals surface area (Å²) >= 11 is 0. The summed E-state index contributed by atoms with van der Waals surface area (Å²) in [7, 11) is 0. The summed E-state index contributed by atoms with van der Waals surface area (Å²) < 4.78 is 0. The zero-order valence-corrected chi connectivity index (χ0v) is 9.91. The molecule has 1 atom stereocenters. The Balaban J connectivity index is 3.51. The zero-order valence-electron chi connectivity index (χ0n) is 9.91. The molecule has 0 bridgehead atoms. The van der Waals surface area contributed by atoms with Crippen molar-refractivity contribution >= 4 is 0 Å². The topological polar surface area (TPSA) is 24.1 Å². The molecule has 0 fully saturated rings. The third kappa shape index (κ3) is 7.03. The van der Waals surface area contributed by atoms with E-state index in [0.29, 0.717) is 11.5 Å². The van der Waals surface area contributed by atoms with Gasteiger partial charge in [0.2, 0.25) is 0 Å². The molecule has 2 heteroatoms. The van der Waals surface area contributed by atoms with Crippen LogP contribution < -0.4 is 10.6 Å². The van der Waals surface area contributed by atoms with Crippen LogP contribution in [-0.4, -0.2) is 25.7 Å². The molecule has 80 valence electrons. The molecule has 0 aromatic carbocycles. The molecule has 0 radical (unpaired) electrons. The number of hydrogen-bond donors (Lipinski definition) is 2. The highest BCUT2D eigenvalue weighted by Crippen LogP contribution is 2.17.